The average Bonchev–Trinajstić information content (AvgIpc) is 2.89. The standard InChI is InChI=1S/C16H12BrN3OS/c17-11-8-6-10(7-9-11)13(21)14-15(18)20-16(22-14)19-12-4-2-1-3-5-12/h1-9H,18H2,(H,19,20). The third-order valence-electron chi connectivity index (χ3n) is 2.99. The summed E-state index contributed by atoms with van der Waals surface area (Å²) in [6.45, 7) is 0. The number of thiazole rings is 1. The summed E-state index contributed by atoms with van der Waals surface area (Å²) in [4.78, 5) is 17.2. The van der Waals surface area contributed by atoms with Crippen LogP contribution in [0.2, 0.25) is 0 Å². The normalized spacial score (nSPS) is 10.4. The monoisotopic (exact) mass is 373 g/mol. The van der Waals surface area contributed by atoms with Gasteiger partial charge in [0.15, 0.2) is 5.13 Å². The van der Waals surface area contributed by atoms with Gasteiger partial charge in [-0.1, -0.05) is 45.5 Å². The maximum absolute atomic E-state index is 12.5. The van der Waals surface area contributed by atoms with Gasteiger partial charge >= 0.3 is 0 Å². The van der Waals surface area contributed by atoms with Crippen molar-refractivity contribution in [2.75, 3.05) is 11.1 Å². The van der Waals surface area contributed by atoms with Gasteiger partial charge < -0.3 is 11.1 Å². The van der Waals surface area contributed by atoms with E-state index in [1.54, 1.807) is 12.1 Å². The second kappa shape index (κ2) is 6.29. The van der Waals surface area contributed by atoms with E-state index in [9.17, 15) is 4.79 Å². The Bertz CT molecular complexity index is 800. The van der Waals surface area contributed by atoms with E-state index >= 15 is 0 Å². The molecule has 0 atom stereocenters. The molecule has 3 N–H and O–H groups in total. The van der Waals surface area contributed by atoms with Crippen molar-refractivity contribution in [3.8, 4) is 0 Å². The number of nitrogens with one attached hydrogen (secondary N) is 1. The van der Waals surface area contributed by atoms with E-state index in [-0.39, 0.29) is 11.6 Å². The van der Waals surface area contributed by atoms with Gasteiger partial charge in [0.25, 0.3) is 0 Å². The second-order valence-corrected chi connectivity index (χ2v) is 6.48. The van der Waals surface area contributed by atoms with Crippen LogP contribution in [0.5, 0.6) is 0 Å². The molecule has 0 spiro atoms. The van der Waals surface area contributed by atoms with Crippen molar-refractivity contribution < 1.29 is 4.79 Å². The zero-order valence-electron chi connectivity index (χ0n) is 11.4. The predicted molar refractivity (Wildman–Crippen MR) is 93.8 cm³/mol. The highest BCUT2D eigenvalue weighted by Crippen LogP contribution is 2.29. The zero-order chi connectivity index (χ0) is 15.5. The number of aromatic nitrogens is 1. The van der Waals surface area contributed by atoms with Crippen LogP contribution < -0.4 is 11.1 Å². The first-order valence-electron chi connectivity index (χ1n) is 6.52. The van der Waals surface area contributed by atoms with Crippen molar-refractivity contribution in [2.45, 2.75) is 0 Å². The molecule has 22 heavy (non-hydrogen) atoms. The minimum absolute atomic E-state index is 0.122. The molecule has 0 unspecified atom stereocenters. The Morgan fingerprint density at radius 2 is 1.77 bits per heavy atom. The number of hydrogen-bond acceptors (Lipinski definition) is 5. The third-order valence-corrected chi connectivity index (χ3v) is 4.51. The lowest BCUT2D eigenvalue weighted by Crippen LogP contribution is -2.02. The van der Waals surface area contributed by atoms with Crippen LogP contribution in [0.25, 0.3) is 0 Å². The van der Waals surface area contributed by atoms with Crippen LogP contribution in [0.1, 0.15) is 15.2 Å². The second-order valence-electron chi connectivity index (χ2n) is 4.56. The van der Waals surface area contributed by atoms with Crippen LogP contribution in [0.3, 0.4) is 0 Å². The van der Waals surface area contributed by atoms with Crippen molar-refractivity contribution in [2.24, 2.45) is 0 Å². The molecule has 0 aliphatic heterocycles. The van der Waals surface area contributed by atoms with Crippen molar-refractivity contribution in [3.05, 3.63) is 69.5 Å². The molecule has 6 heteroatoms. The summed E-state index contributed by atoms with van der Waals surface area (Å²) in [5.74, 6) is 0.125. The number of benzene rings is 2. The minimum Gasteiger partial charge on any atom is -0.382 e. The lowest BCUT2D eigenvalue weighted by atomic mass is 10.1. The molecule has 0 amide bonds. The van der Waals surface area contributed by atoms with Crippen LogP contribution in [0, 0.1) is 0 Å². The number of halogens is 1. The topological polar surface area (TPSA) is 68.0 Å². The first-order chi connectivity index (χ1) is 10.6. The number of ketones is 1. The summed E-state index contributed by atoms with van der Waals surface area (Å²) in [5.41, 5.74) is 7.38. The summed E-state index contributed by atoms with van der Waals surface area (Å²) >= 11 is 4.60. The van der Waals surface area contributed by atoms with Gasteiger partial charge in [-0.2, -0.15) is 0 Å². The molecule has 0 saturated carbocycles. The van der Waals surface area contributed by atoms with Crippen LogP contribution in [-0.2, 0) is 0 Å². The van der Waals surface area contributed by atoms with E-state index in [0.717, 1.165) is 10.2 Å². The average molecular weight is 374 g/mol. The molecule has 110 valence electrons. The summed E-state index contributed by atoms with van der Waals surface area (Å²) in [6, 6.07) is 16.8. The predicted octanol–water partition coefficient (Wildman–Crippen LogP) is 4.46. The highest BCUT2D eigenvalue weighted by Gasteiger charge is 2.18. The summed E-state index contributed by atoms with van der Waals surface area (Å²) in [6.07, 6.45) is 0. The van der Waals surface area contributed by atoms with E-state index in [0.29, 0.717) is 15.6 Å². The molecule has 0 aliphatic carbocycles. The molecule has 0 fully saturated rings. The zero-order valence-corrected chi connectivity index (χ0v) is 13.8. The van der Waals surface area contributed by atoms with Gasteiger partial charge in [0.05, 0.1) is 0 Å². The fraction of sp³-hybridized carbons (Fsp3) is 0. The Morgan fingerprint density at radius 1 is 1.09 bits per heavy atom. The Balaban J connectivity index is 1.86. The summed E-state index contributed by atoms with van der Waals surface area (Å²) in [7, 11) is 0. The summed E-state index contributed by atoms with van der Waals surface area (Å²) in [5, 5.41) is 3.75. The Hall–Kier alpha value is -2.18. The van der Waals surface area contributed by atoms with Crippen LogP contribution in [0.4, 0.5) is 16.6 Å². The van der Waals surface area contributed by atoms with E-state index < -0.39 is 0 Å². The smallest absolute Gasteiger partial charge is 0.206 e. The molecule has 3 rings (SSSR count). The number of carbonyl (C=O) groups is 1. The van der Waals surface area contributed by atoms with Crippen molar-refractivity contribution in [3.63, 3.8) is 0 Å². The maximum atomic E-state index is 12.5. The number of para-hydroxylation sites is 1. The molecule has 0 saturated heterocycles. The van der Waals surface area contributed by atoms with E-state index in [1.807, 2.05) is 42.5 Å². The molecule has 0 aliphatic rings. The molecule has 1 heterocycles. The first-order valence-corrected chi connectivity index (χ1v) is 8.13. The van der Waals surface area contributed by atoms with Crippen LogP contribution in [-0.4, -0.2) is 10.8 Å². The molecule has 3 aromatic rings. The number of carbonyl (C=O) groups excluding carboxylic acids is 1. The number of nitrogens with zero attached hydrogens (tertiary/aromatic N) is 1. The fourth-order valence-corrected chi connectivity index (χ4v) is 3.06. The number of nitrogen functional groups attached to an aromatic ring is 1. The first kappa shape index (κ1) is 14.7. The quantitative estimate of drug-likeness (QED) is 0.662. The third kappa shape index (κ3) is 3.18. The van der Waals surface area contributed by atoms with Gasteiger partial charge in [0.1, 0.15) is 10.7 Å². The molecular weight excluding hydrogens is 362 g/mol. The van der Waals surface area contributed by atoms with Gasteiger partial charge in [-0.15, -0.1) is 0 Å². The van der Waals surface area contributed by atoms with Crippen LogP contribution >= 0.6 is 27.3 Å². The van der Waals surface area contributed by atoms with Gasteiger partial charge in [-0.3, -0.25) is 4.79 Å². The lowest BCUT2D eigenvalue weighted by molar-refractivity contribution is 0.104. The van der Waals surface area contributed by atoms with E-state index in [2.05, 4.69) is 26.2 Å². The highest BCUT2D eigenvalue weighted by atomic mass is 79.9. The van der Waals surface area contributed by atoms with Crippen LogP contribution in [0.15, 0.2) is 59.1 Å². The largest absolute Gasteiger partial charge is 0.382 e. The highest BCUT2D eigenvalue weighted by molar-refractivity contribution is 9.10. The Kier molecular flexibility index (Phi) is 4.22. The Morgan fingerprint density at radius 3 is 2.45 bits per heavy atom. The molecule has 1 aromatic heterocycles. The van der Waals surface area contributed by atoms with Gasteiger partial charge in [-0.25, -0.2) is 4.98 Å². The molecular formula is C16H12BrN3OS. The van der Waals surface area contributed by atoms with Gasteiger partial charge in [-0.05, 0) is 36.4 Å². The molecule has 0 bridgehead atoms. The Labute approximate surface area is 140 Å². The number of anilines is 3. The SMILES string of the molecule is Nc1nc(Nc2ccccc2)sc1C(=O)c1ccc(Br)cc1. The number of hydrogen-bond donors (Lipinski definition) is 2. The van der Waals surface area contributed by atoms with E-state index in [4.69, 9.17) is 5.73 Å². The summed E-state index contributed by atoms with van der Waals surface area (Å²) < 4.78 is 0.924. The maximum Gasteiger partial charge on any atom is 0.206 e. The van der Waals surface area contributed by atoms with E-state index in [1.165, 1.54) is 11.3 Å². The van der Waals surface area contributed by atoms with Crippen molar-refractivity contribution >= 4 is 49.7 Å². The fourth-order valence-electron chi connectivity index (χ4n) is 1.93. The minimum atomic E-state index is -0.122. The molecule has 0 radical (unpaired) electrons. The van der Waals surface area contributed by atoms with Gasteiger partial charge in [0.2, 0.25) is 5.78 Å². The van der Waals surface area contributed by atoms with Crippen molar-refractivity contribution in [1.29, 1.82) is 0 Å². The number of rotatable bonds is 4. The molecule has 2 aromatic carbocycles. The molecule has 4 nitrogen and oxygen atoms in total. The lowest BCUT2D eigenvalue weighted by Gasteiger charge is -2.00. The van der Waals surface area contributed by atoms with Gasteiger partial charge in [0, 0.05) is 15.7 Å². The number of nitrogens with two attached hydrogens (primary N) is 1. The van der Waals surface area contributed by atoms with Crippen molar-refractivity contribution in [1.82, 2.24) is 4.98 Å².